The van der Waals surface area contributed by atoms with Gasteiger partial charge in [-0.2, -0.15) is 0 Å². The molecule has 76 valence electrons. The molecule has 4 heterocycles. The van der Waals surface area contributed by atoms with Crippen LogP contribution >= 0.6 is 11.3 Å². The fourth-order valence-electron chi connectivity index (χ4n) is 2.72. The normalized spacial score (nSPS) is 20.2. The Bertz CT molecular complexity index is 364. The van der Waals surface area contributed by atoms with E-state index >= 15 is 0 Å². The summed E-state index contributed by atoms with van der Waals surface area (Å²) in [6, 6.07) is 0. The third-order valence-electron chi connectivity index (χ3n) is 3.45. The van der Waals surface area contributed by atoms with Crippen molar-refractivity contribution >= 4 is 21.3 Å². The van der Waals surface area contributed by atoms with Gasteiger partial charge in [-0.15, -0.1) is 11.3 Å². The zero-order valence-corrected chi connectivity index (χ0v) is 8.94. The smallest absolute Gasteiger partial charge is 0.0968 e. The number of hydrogen-bond donors (Lipinski definition) is 2. The lowest BCUT2D eigenvalue weighted by molar-refractivity contribution is 0.476. The second kappa shape index (κ2) is 2.87. The summed E-state index contributed by atoms with van der Waals surface area (Å²) in [5.74, 6) is 0.738. The highest BCUT2D eigenvalue weighted by Crippen LogP contribution is 2.50. The minimum Gasteiger partial charge on any atom is -0.390 e. The number of rotatable bonds is 1. The first-order valence-corrected chi connectivity index (χ1v) is 5.99. The minimum absolute atomic E-state index is 0.599. The third kappa shape index (κ3) is 0.953. The molecule has 1 saturated heterocycles. The van der Waals surface area contributed by atoms with E-state index in [4.69, 9.17) is 11.5 Å². The topological polar surface area (TPSA) is 55.3 Å². The fraction of sp³-hybridized carbons (Fsp3) is 0.600. The number of piperidine rings is 1. The van der Waals surface area contributed by atoms with E-state index in [1.165, 1.54) is 42.1 Å². The molecule has 0 atom stereocenters. The molecule has 3 aliphatic rings. The second-order valence-electron chi connectivity index (χ2n) is 4.13. The Kier molecular flexibility index (Phi) is 1.76. The summed E-state index contributed by atoms with van der Waals surface area (Å²) in [7, 11) is 0. The van der Waals surface area contributed by atoms with E-state index in [2.05, 4.69) is 4.90 Å². The van der Waals surface area contributed by atoms with Crippen LogP contribution in [-0.4, -0.2) is 13.1 Å². The van der Waals surface area contributed by atoms with Gasteiger partial charge >= 0.3 is 0 Å². The van der Waals surface area contributed by atoms with E-state index in [0.29, 0.717) is 6.54 Å². The van der Waals surface area contributed by atoms with Crippen molar-refractivity contribution in [1.29, 1.82) is 0 Å². The van der Waals surface area contributed by atoms with Crippen molar-refractivity contribution < 1.29 is 0 Å². The predicted molar refractivity (Wildman–Crippen MR) is 60.8 cm³/mol. The number of nitrogens with zero attached hydrogens (tertiary/aromatic N) is 1. The van der Waals surface area contributed by atoms with Gasteiger partial charge in [-0.05, 0) is 24.3 Å². The van der Waals surface area contributed by atoms with Crippen LogP contribution in [0.15, 0.2) is 0 Å². The summed E-state index contributed by atoms with van der Waals surface area (Å²) >= 11 is 1.73. The molecule has 3 aliphatic heterocycles. The minimum atomic E-state index is 0.599. The first-order valence-electron chi connectivity index (χ1n) is 5.17. The number of hydrogen-bond acceptors (Lipinski definition) is 4. The average molecular weight is 209 g/mol. The van der Waals surface area contributed by atoms with Crippen LogP contribution in [0.3, 0.4) is 0 Å². The van der Waals surface area contributed by atoms with Crippen LogP contribution < -0.4 is 16.4 Å². The number of fused-ring (bicyclic) bond motifs is 2. The zero-order chi connectivity index (χ0) is 9.71. The van der Waals surface area contributed by atoms with E-state index in [1.54, 1.807) is 11.3 Å². The second-order valence-corrected chi connectivity index (χ2v) is 5.16. The molecule has 0 radical (unpaired) electrons. The third-order valence-corrected chi connectivity index (χ3v) is 4.59. The molecule has 0 aromatic carbocycles. The van der Waals surface area contributed by atoms with E-state index in [-0.39, 0.29) is 0 Å². The molecule has 1 fully saturated rings. The standard InChI is InChI=1S/C10H15N3S/c11-5-7-8-6-1-3-13(4-2-6)10(8)14-9(7)12/h6H,1-5,11-12H2. The van der Waals surface area contributed by atoms with Crippen LogP contribution in [0.25, 0.3) is 0 Å². The summed E-state index contributed by atoms with van der Waals surface area (Å²) in [4.78, 5) is 2.47. The molecule has 0 unspecified atom stereocenters. The van der Waals surface area contributed by atoms with E-state index in [0.717, 1.165) is 10.9 Å². The van der Waals surface area contributed by atoms with Gasteiger partial charge in [-0.1, -0.05) is 0 Å². The maximum Gasteiger partial charge on any atom is 0.0968 e. The largest absolute Gasteiger partial charge is 0.390 e. The maximum atomic E-state index is 6.00. The molecule has 4 N–H and O–H groups in total. The van der Waals surface area contributed by atoms with Crippen LogP contribution in [0, 0.1) is 0 Å². The highest BCUT2D eigenvalue weighted by molar-refractivity contribution is 7.20. The van der Waals surface area contributed by atoms with E-state index < -0.39 is 0 Å². The lowest BCUT2D eigenvalue weighted by Crippen LogP contribution is -2.38. The Morgan fingerprint density at radius 3 is 2.71 bits per heavy atom. The van der Waals surface area contributed by atoms with Crippen molar-refractivity contribution in [2.45, 2.75) is 25.3 Å². The lowest BCUT2D eigenvalue weighted by atomic mass is 9.84. The van der Waals surface area contributed by atoms with Crippen molar-refractivity contribution in [3.63, 3.8) is 0 Å². The Labute approximate surface area is 87.7 Å². The van der Waals surface area contributed by atoms with Crippen molar-refractivity contribution in [2.24, 2.45) is 5.73 Å². The molecule has 4 rings (SSSR count). The van der Waals surface area contributed by atoms with Crippen molar-refractivity contribution in [3.8, 4) is 0 Å². The van der Waals surface area contributed by atoms with Gasteiger partial charge in [0.2, 0.25) is 0 Å². The molecule has 0 spiro atoms. The highest BCUT2D eigenvalue weighted by Gasteiger charge is 2.35. The summed E-state index contributed by atoms with van der Waals surface area (Å²) in [6.45, 7) is 3.02. The Balaban J connectivity index is 2.19. The van der Waals surface area contributed by atoms with Crippen molar-refractivity contribution in [1.82, 2.24) is 0 Å². The quantitative estimate of drug-likeness (QED) is 0.736. The van der Waals surface area contributed by atoms with Gasteiger partial charge in [0.05, 0.1) is 10.0 Å². The van der Waals surface area contributed by atoms with Crippen molar-refractivity contribution in [3.05, 3.63) is 11.1 Å². The molecule has 14 heavy (non-hydrogen) atoms. The lowest BCUT2D eigenvalue weighted by Gasteiger charge is -2.40. The van der Waals surface area contributed by atoms with Crippen LogP contribution in [0.5, 0.6) is 0 Å². The van der Waals surface area contributed by atoms with Gasteiger partial charge in [-0.25, -0.2) is 0 Å². The number of thiophene rings is 1. The molecule has 0 amide bonds. The molecule has 4 heteroatoms. The Morgan fingerprint density at radius 2 is 2.07 bits per heavy atom. The van der Waals surface area contributed by atoms with Gasteiger partial charge in [0.15, 0.2) is 0 Å². The van der Waals surface area contributed by atoms with Crippen LogP contribution in [0.1, 0.15) is 29.9 Å². The predicted octanol–water partition coefficient (Wildman–Crippen LogP) is 1.49. The van der Waals surface area contributed by atoms with Gasteiger partial charge < -0.3 is 16.4 Å². The molecular weight excluding hydrogens is 194 g/mol. The monoisotopic (exact) mass is 209 g/mol. The Morgan fingerprint density at radius 1 is 1.36 bits per heavy atom. The van der Waals surface area contributed by atoms with Crippen LogP contribution in [-0.2, 0) is 6.54 Å². The van der Waals surface area contributed by atoms with Gasteiger partial charge in [0.1, 0.15) is 0 Å². The molecule has 0 aliphatic carbocycles. The molecule has 0 saturated carbocycles. The molecular formula is C10H15N3S. The van der Waals surface area contributed by atoms with Crippen molar-refractivity contribution in [2.75, 3.05) is 23.7 Å². The summed E-state index contributed by atoms with van der Waals surface area (Å²) in [5, 5.41) is 2.35. The SMILES string of the molecule is NCc1c(N)sc2c1C1CCN2CC1. The zero-order valence-electron chi connectivity index (χ0n) is 8.12. The Hall–Kier alpha value is -0.740. The molecule has 2 bridgehead atoms. The first kappa shape index (κ1) is 8.56. The summed E-state index contributed by atoms with van der Waals surface area (Å²) in [5.41, 5.74) is 14.5. The maximum absolute atomic E-state index is 6.00. The number of anilines is 2. The van der Waals surface area contributed by atoms with Crippen LogP contribution in [0.2, 0.25) is 0 Å². The average Bonchev–Trinajstić information content (AvgIpc) is 2.57. The van der Waals surface area contributed by atoms with Gasteiger partial charge in [0, 0.05) is 25.2 Å². The summed E-state index contributed by atoms with van der Waals surface area (Å²) in [6.07, 6.45) is 2.58. The number of nitrogen functional groups attached to an aromatic ring is 1. The van der Waals surface area contributed by atoms with E-state index in [9.17, 15) is 0 Å². The van der Waals surface area contributed by atoms with E-state index in [1.807, 2.05) is 0 Å². The van der Waals surface area contributed by atoms with Crippen LogP contribution in [0.4, 0.5) is 10.0 Å². The van der Waals surface area contributed by atoms with Gasteiger partial charge in [0.25, 0.3) is 0 Å². The molecule has 3 nitrogen and oxygen atoms in total. The number of nitrogens with two attached hydrogens (primary N) is 2. The first-order chi connectivity index (χ1) is 6.81. The van der Waals surface area contributed by atoms with Gasteiger partial charge in [-0.3, -0.25) is 0 Å². The fourth-order valence-corrected chi connectivity index (χ4v) is 3.96. The highest BCUT2D eigenvalue weighted by atomic mass is 32.1. The summed E-state index contributed by atoms with van der Waals surface area (Å²) < 4.78 is 0. The molecule has 1 aromatic rings. The molecule has 1 aromatic heterocycles.